The number of oxime groups is 1. The van der Waals surface area contributed by atoms with Crippen LogP contribution < -0.4 is 20.7 Å². The molecule has 0 saturated carbocycles. The summed E-state index contributed by atoms with van der Waals surface area (Å²) < 4.78 is 10.9. The summed E-state index contributed by atoms with van der Waals surface area (Å²) in [4.78, 5) is 59.3. The van der Waals surface area contributed by atoms with Crippen molar-refractivity contribution in [3.05, 3.63) is 47.7 Å². The third kappa shape index (κ3) is 6.88. The van der Waals surface area contributed by atoms with E-state index in [1.165, 1.54) is 28.8 Å². The summed E-state index contributed by atoms with van der Waals surface area (Å²) >= 11 is 2.31. The van der Waals surface area contributed by atoms with Gasteiger partial charge in [0.25, 0.3) is 11.8 Å². The quantitative estimate of drug-likeness (QED) is 0.120. The number of nitrogens with two attached hydrogens (primary N) is 1. The molecule has 2 atom stereocenters. The first-order valence-electron chi connectivity index (χ1n) is 11.6. The van der Waals surface area contributed by atoms with Gasteiger partial charge in [-0.05, 0) is 20.8 Å². The van der Waals surface area contributed by atoms with Gasteiger partial charge in [0, 0.05) is 46.8 Å². The highest BCUT2D eigenvalue weighted by Gasteiger charge is 2.50. The lowest BCUT2D eigenvalue weighted by Crippen LogP contribution is -2.69. The Balaban J connectivity index is 1.39. The van der Waals surface area contributed by atoms with Gasteiger partial charge in [0.05, 0.1) is 5.97 Å². The molecule has 1 unspecified atom stereocenters. The number of rotatable bonds is 9. The van der Waals surface area contributed by atoms with Crippen molar-refractivity contribution in [2.45, 2.75) is 44.3 Å². The summed E-state index contributed by atoms with van der Waals surface area (Å²) in [6, 6.07) is 2.05. The van der Waals surface area contributed by atoms with Crippen molar-refractivity contribution in [3.8, 4) is 0 Å². The van der Waals surface area contributed by atoms with Crippen LogP contribution in [0.25, 0.3) is 0 Å². The van der Waals surface area contributed by atoms with E-state index in [0.717, 1.165) is 17.1 Å². The number of carboxylic acid groups (broad SMARTS) is 1. The first-order chi connectivity index (χ1) is 18.4. The molecule has 0 spiro atoms. The highest BCUT2D eigenvalue weighted by Crippen LogP contribution is 2.36. The van der Waals surface area contributed by atoms with Gasteiger partial charge in [0.15, 0.2) is 24.1 Å². The van der Waals surface area contributed by atoms with Crippen molar-refractivity contribution in [1.29, 1.82) is 0 Å². The molecular formula is C23H25N7O7S2. The Morgan fingerprint density at radius 1 is 1.31 bits per heavy atom. The maximum Gasteiger partial charge on any atom is 0.347 e. The number of amides is 2. The number of esters is 1. The zero-order chi connectivity index (χ0) is 28.3. The maximum atomic E-state index is 13.1. The van der Waals surface area contributed by atoms with Gasteiger partial charge in [-0.25, -0.2) is 9.36 Å². The second-order valence-electron chi connectivity index (χ2n) is 9.49. The Hall–Kier alpha value is -4.05. The van der Waals surface area contributed by atoms with Crippen molar-refractivity contribution < 1.29 is 38.4 Å². The topological polar surface area (TPSA) is 193 Å². The molecular weight excluding hydrogens is 550 g/mol. The van der Waals surface area contributed by atoms with Gasteiger partial charge in [-0.15, -0.1) is 11.8 Å². The molecule has 2 aromatic rings. The van der Waals surface area contributed by atoms with Crippen LogP contribution in [0.2, 0.25) is 0 Å². The summed E-state index contributed by atoms with van der Waals surface area (Å²) in [6.07, 6.45) is 4.97. The lowest BCUT2D eigenvalue weighted by Gasteiger charge is -2.47. The molecule has 206 valence electrons. The Bertz CT molecular complexity index is 1350. The number of carbonyl (C=O) groups excluding carboxylic acids is 4. The Morgan fingerprint density at radius 3 is 2.64 bits per heavy atom. The van der Waals surface area contributed by atoms with Gasteiger partial charge >= 0.3 is 5.97 Å². The lowest BCUT2D eigenvalue weighted by atomic mass is 10.1. The van der Waals surface area contributed by atoms with E-state index in [1.807, 2.05) is 0 Å². The van der Waals surface area contributed by atoms with Crippen molar-refractivity contribution in [2.75, 3.05) is 18.1 Å². The van der Waals surface area contributed by atoms with Crippen LogP contribution in [0.3, 0.4) is 0 Å². The number of carbonyl (C=O) groups is 4. The number of nitrogens with zero attached hydrogens (tertiary/aromatic N) is 5. The minimum Gasteiger partial charge on any atom is -0.545 e. The second kappa shape index (κ2) is 11.4. The molecule has 0 bridgehead atoms. The summed E-state index contributed by atoms with van der Waals surface area (Å²) in [5.41, 5.74) is 5.58. The van der Waals surface area contributed by atoms with E-state index in [0.29, 0.717) is 12.3 Å². The van der Waals surface area contributed by atoms with Crippen LogP contribution in [0, 0.1) is 0 Å². The maximum absolute atomic E-state index is 13.1. The average molecular weight is 576 g/mol. The number of ether oxygens (including phenoxy) is 1. The highest BCUT2D eigenvalue weighted by molar-refractivity contribution is 8.00. The van der Waals surface area contributed by atoms with E-state index in [2.05, 4.69) is 19.8 Å². The molecule has 14 nitrogen and oxygen atoms in total. The summed E-state index contributed by atoms with van der Waals surface area (Å²) in [5, 5.41) is 17.1. The monoisotopic (exact) mass is 575 g/mol. The molecule has 2 amide bonds. The molecule has 3 N–H and O–H groups in total. The predicted molar refractivity (Wildman–Crippen MR) is 137 cm³/mol. The minimum atomic E-state index is -1.26. The zero-order valence-electron chi connectivity index (χ0n) is 21.2. The fourth-order valence-corrected chi connectivity index (χ4v) is 5.31. The largest absolute Gasteiger partial charge is 0.545 e. The van der Waals surface area contributed by atoms with Crippen molar-refractivity contribution in [2.24, 2.45) is 5.16 Å². The van der Waals surface area contributed by atoms with Crippen molar-refractivity contribution >= 4 is 57.9 Å². The molecule has 16 heteroatoms. The van der Waals surface area contributed by atoms with Crippen LogP contribution in [0.1, 0.15) is 37.0 Å². The van der Waals surface area contributed by atoms with E-state index < -0.39 is 36.1 Å². The minimum absolute atomic E-state index is 0.0727. The smallest absolute Gasteiger partial charge is 0.347 e. The van der Waals surface area contributed by atoms with E-state index in [9.17, 15) is 24.3 Å². The molecule has 4 heterocycles. The van der Waals surface area contributed by atoms with E-state index in [1.54, 1.807) is 43.9 Å². The molecule has 4 rings (SSSR count). The molecule has 2 aliphatic heterocycles. The van der Waals surface area contributed by atoms with Crippen molar-refractivity contribution in [3.63, 3.8) is 0 Å². The number of aromatic carboxylic acids is 1. The standard InChI is InChI=1S/C23H25N7O7S2/c1-23(2,3)37-14(31)10-36-27-15(17-26-22(24)39-28-17)18(32)25-16-19(33)30-9-12(11-38-20(16)30)8-29-6-4-13(5-7-29)21(34)35/h4-7,9,16,20H,8,10-11H2,1-3H3,(H3-,24,25,26,28,32,34,35)/t16?,20-/m0/s1. The predicted octanol–water partition coefficient (Wildman–Crippen LogP) is -1.18. The normalized spacial score (nSPS) is 18.9. The molecule has 0 radical (unpaired) electrons. The van der Waals surface area contributed by atoms with Gasteiger partial charge in [-0.3, -0.25) is 9.59 Å². The van der Waals surface area contributed by atoms with Crippen LogP contribution in [0.15, 0.2) is 41.5 Å². The van der Waals surface area contributed by atoms with Crippen LogP contribution in [-0.2, 0) is 30.5 Å². The second-order valence-corrected chi connectivity index (χ2v) is 11.4. The summed E-state index contributed by atoms with van der Waals surface area (Å²) in [5.74, 6) is -2.56. The molecule has 0 aromatic carbocycles. The molecule has 0 aliphatic carbocycles. The van der Waals surface area contributed by atoms with Gasteiger partial charge in [0.2, 0.25) is 18.1 Å². The number of aromatic nitrogens is 3. The Kier molecular flexibility index (Phi) is 8.15. The third-order valence-electron chi connectivity index (χ3n) is 5.27. The zero-order valence-corrected chi connectivity index (χ0v) is 22.8. The molecule has 1 saturated heterocycles. The number of carboxylic acids is 1. The van der Waals surface area contributed by atoms with E-state index >= 15 is 0 Å². The number of nitrogens with one attached hydrogen (secondary N) is 1. The van der Waals surface area contributed by atoms with Crippen LogP contribution in [-0.4, -0.2) is 73.1 Å². The third-order valence-corrected chi connectivity index (χ3v) is 7.19. The van der Waals surface area contributed by atoms with Crippen LogP contribution in [0.5, 0.6) is 0 Å². The highest BCUT2D eigenvalue weighted by atomic mass is 32.2. The first-order valence-corrected chi connectivity index (χ1v) is 13.4. The average Bonchev–Trinajstić information content (AvgIpc) is 3.30. The van der Waals surface area contributed by atoms with Crippen LogP contribution in [0.4, 0.5) is 5.13 Å². The molecule has 2 aliphatic rings. The Morgan fingerprint density at radius 2 is 2.03 bits per heavy atom. The van der Waals surface area contributed by atoms with E-state index in [4.69, 9.17) is 15.3 Å². The number of fused-ring (bicyclic) bond motifs is 1. The van der Waals surface area contributed by atoms with Gasteiger partial charge in [-0.2, -0.15) is 9.36 Å². The number of hydrogen-bond acceptors (Lipinski definition) is 13. The summed E-state index contributed by atoms with van der Waals surface area (Å²) in [7, 11) is 0. The summed E-state index contributed by atoms with van der Waals surface area (Å²) in [6.45, 7) is 5.00. The van der Waals surface area contributed by atoms with Crippen molar-refractivity contribution in [1.82, 2.24) is 19.6 Å². The number of thioether (sulfide) groups is 1. The number of hydrogen-bond donors (Lipinski definition) is 2. The number of anilines is 1. The van der Waals surface area contributed by atoms with Gasteiger partial charge in [-0.1, -0.05) is 5.16 Å². The Labute approximate surface area is 231 Å². The molecule has 39 heavy (non-hydrogen) atoms. The first kappa shape index (κ1) is 28.0. The number of nitrogen functional groups attached to an aromatic ring is 1. The van der Waals surface area contributed by atoms with Gasteiger partial charge < -0.3 is 35.4 Å². The number of pyridine rings is 1. The van der Waals surface area contributed by atoms with E-state index in [-0.39, 0.29) is 33.5 Å². The SMILES string of the molecule is CC(C)(C)OC(=O)CON=C(C(=O)NC1C(=O)N2C=C(C[n+]3ccc(C(=O)[O-])cc3)CS[C@@H]12)c1nsc(N)n1. The number of β-lactam (4-membered cyclic amide) rings is 1. The fourth-order valence-electron chi connectivity index (χ4n) is 3.62. The fraction of sp³-hybridized carbons (Fsp3) is 0.391. The molecule has 1 fully saturated rings. The van der Waals surface area contributed by atoms with Gasteiger partial charge in [0.1, 0.15) is 17.0 Å². The lowest BCUT2D eigenvalue weighted by molar-refractivity contribution is -0.689. The van der Waals surface area contributed by atoms with Crippen LogP contribution >= 0.6 is 23.3 Å². The molecule has 2 aromatic heterocycles.